The number of rotatable bonds is 9. The zero-order chi connectivity index (χ0) is 24.2. The molecule has 2 N–H and O–H groups in total. The normalized spacial score (nSPS) is 16.5. The van der Waals surface area contributed by atoms with Crippen molar-refractivity contribution in [3.63, 3.8) is 0 Å². The van der Waals surface area contributed by atoms with E-state index in [1.54, 1.807) is 17.0 Å². The second-order valence-corrected chi connectivity index (χ2v) is 8.81. The molecule has 0 spiro atoms. The second-order valence-electron chi connectivity index (χ2n) is 8.81. The summed E-state index contributed by atoms with van der Waals surface area (Å²) in [4.78, 5) is 40.0. The third-order valence-electron chi connectivity index (χ3n) is 6.30. The smallest absolute Gasteiger partial charge is 0.255 e. The Kier molecular flexibility index (Phi) is 6.48. The maximum absolute atomic E-state index is 13.0. The van der Waals surface area contributed by atoms with Gasteiger partial charge in [-0.3, -0.25) is 14.4 Å². The first-order valence-electron chi connectivity index (χ1n) is 11.8. The standard InChI is InChI=1S/C28H27N3O4/c32-25(29-16-20-10-4-7-13-24(20)35-18-19-8-2-1-3-9-19)17-30-27(33)26-22-11-5-6-12-23(22)28(34)31(26)21-14-15-21/h1-13,21,26H,14-18H2,(H,29,32)(H,30,33). The first-order valence-corrected chi connectivity index (χ1v) is 11.8. The molecule has 0 aromatic heterocycles. The van der Waals surface area contributed by atoms with E-state index in [0.29, 0.717) is 23.5 Å². The van der Waals surface area contributed by atoms with Gasteiger partial charge in [0.05, 0.1) is 6.54 Å². The summed E-state index contributed by atoms with van der Waals surface area (Å²) in [6.45, 7) is 0.538. The van der Waals surface area contributed by atoms with Crippen molar-refractivity contribution in [3.05, 3.63) is 101 Å². The molecule has 7 nitrogen and oxygen atoms in total. The molecule has 178 valence electrons. The summed E-state index contributed by atoms with van der Waals surface area (Å²) in [7, 11) is 0. The number of para-hydroxylation sites is 1. The van der Waals surface area contributed by atoms with Crippen LogP contribution in [0, 0.1) is 0 Å². The number of benzene rings is 3. The fourth-order valence-electron chi connectivity index (χ4n) is 4.38. The molecule has 0 radical (unpaired) electrons. The zero-order valence-electron chi connectivity index (χ0n) is 19.3. The van der Waals surface area contributed by atoms with E-state index in [9.17, 15) is 14.4 Å². The molecule has 1 unspecified atom stereocenters. The van der Waals surface area contributed by atoms with Gasteiger partial charge in [-0.1, -0.05) is 66.7 Å². The maximum Gasteiger partial charge on any atom is 0.255 e. The van der Waals surface area contributed by atoms with Crippen LogP contribution in [0.1, 0.15) is 45.9 Å². The number of carbonyl (C=O) groups is 3. The molecule has 1 fully saturated rings. The zero-order valence-corrected chi connectivity index (χ0v) is 19.3. The minimum atomic E-state index is -0.689. The third kappa shape index (κ3) is 5.04. The molecular weight excluding hydrogens is 442 g/mol. The Balaban J connectivity index is 1.16. The predicted molar refractivity (Wildman–Crippen MR) is 130 cm³/mol. The molecule has 7 heteroatoms. The average molecular weight is 470 g/mol. The van der Waals surface area contributed by atoms with Crippen LogP contribution in [0.5, 0.6) is 5.75 Å². The van der Waals surface area contributed by atoms with Gasteiger partial charge in [0.25, 0.3) is 5.91 Å². The molecule has 1 aliphatic heterocycles. The first kappa shape index (κ1) is 22.7. The van der Waals surface area contributed by atoms with Gasteiger partial charge in [0.15, 0.2) is 0 Å². The molecule has 5 rings (SSSR count). The van der Waals surface area contributed by atoms with E-state index in [1.807, 2.05) is 66.7 Å². The summed E-state index contributed by atoms with van der Waals surface area (Å²) >= 11 is 0. The van der Waals surface area contributed by atoms with Crippen LogP contribution in [0.25, 0.3) is 0 Å². The van der Waals surface area contributed by atoms with Crippen molar-refractivity contribution in [1.29, 1.82) is 0 Å². The van der Waals surface area contributed by atoms with Gasteiger partial charge in [0.2, 0.25) is 11.8 Å². The summed E-state index contributed by atoms with van der Waals surface area (Å²) < 4.78 is 5.95. The number of ether oxygens (including phenoxy) is 1. The van der Waals surface area contributed by atoms with Crippen LogP contribution >= 0.6 is 0 Å². The molecule has 35 heavy (non-hydrogen) atoms. The highest BCUT2D eigenvalue weighted by Gasteiger charge is 2.47. The lowest BCUT2D eigenvalue weighted by atomic mass is 10.0. The van der Waals surface area contributed by atoms with Gasteiger partial charge in [0.1, 0.15) is 18.4 Å². The largest absolute Gasteiger partial charge is 0.489 e. The Morgan fingerprint density at radius 3 is 2.40 bits per heavy atom. The van der Waals surface area contributed by atoms with Crippen LogP contribution in [0.4, 0.5) is 0 Å². The Bertz CT molecular complexity index is 1240. The molecule has 3 aromatic carbocycles. The molecule has 1 atom stereocenters. The lowest BCUT2D eigenvalue weighted by Gasteiger charge is -2.24. The van der Waals surface area contributed by atoms with Gasteiger partial charge < -0.3 is 20.3 Å². The SMILES string of the molecule is O=C(CNC(=O)C1c2ccccc2C(=O)N1C1CC1)NCc1ccccc1OCc1ccccc1. The number of hydrogen-bond acceptors (Lipinski definition) is 4. The van der Waals surface area contributed by atoms with Crippen molar-refractivity contribution >= 4 is 17.7 Å². The molecule has 2 aliphatic rings. The summed E-state index contributed by atoms with van der Waals surface area (Å²) in [6, 6.07) is 24.0. The highest BCUT2D eigenvalue weighted by atomic mass is 16.5. The monoisotopic (exact) mass is 469 g/mol. The van der Waals surface area contributed by atoms with Crippen molar-refractivity contribution in [2.45, 2.75) is 38.1 Å². The van der Waals surface area contributed by atoms with E-state index in [0.717, 1.165) is 24.0 Å². The van der Waals surface area contributed by atoms with Gasteiger partial charge in [-0.05, 0) is 36.1 Å². The van der Waals surface area contributed by atoms with E-state index in [4.69, 9.17) is 4.74 Å². The van der Waals surface area contributed by atoms with E-state index in [-0.39, 0.29) is 36.9 Å². The Hall–Kier alpha value is -4.13. The van der Waals surface area contributed by atoms with E-state index in [1.165, 1.54) is 0 Å². The van der Waals surface area contributed by atoms with Crippen molar-refractivity contribution in [1.82, 2.24) is 15.5 Å². The topological polar surface area (TPSA) is 87.7 Å². The number of fused-ring (bicyclic) bond motifs is 1. The van der Waals surface area contributed by atoms with Crippen LogP contribution < -0.4 is 15.4 Å². The minimum absolute atomic E-state index is 0.0897. The summed E-state index contributed by atoms with van der Waals surface area (Å²) in [5.41, 5.74) is 3.17. The van der Waals surface area contributed by atoms with Gasteiger partial charge in [-0.2, -0.15) is 0 Å². The molecule has 1 heterocycles. The first-order chi connectivity index (χ1) is 17.1. The number of carbonyl (C=O) groups excluding carboxylic acids is 3. The van der Waals surface area contributed by atoms with Crippen LogP contribution in [0.3, 0.4) is 0 Å². The fraction of sp³-hybridized carbons (Fsp3) is 0.250. The van der Waals surface area contributed by atoms with Crippen LogP contribution in [-0.4, -0.2) is 35.2 Å². The molecule has 0 bridgehead atoms. The van der Waals surface area contributed by atoms with E-state index >= 15 is 0 Å². The Morgan fingerprint density at radius 1 is 0.886 bits per heavy atom. The van der Waals surface area contributed by atoms with E-state index < -0.39 is 6.04 Å². The Labute approximate surface area is 204 Å². The number of amides is 3. The van der Waals surface area contributed by atoms with Crippen LogP contribution in [-0.2, 0) is 22.7 Å². The van der Waals surface area contributed by atoms with Crippen LogP contribution in [0.15, 0.2) is 78.9 Å². The number of hydrogen-bond donors (Lipinski definition) is 2. The summed E-state index contributed by atoms with van der Waals surface area (Å²) in [5, 5.41) is 5.56. The summed E-state index contributed by atoms with van der Waals surface area (Å²) in [6.07, 6.45) is 1.80. The minimum Gasteiger partial charge on any atom is -0.489 e. The van der Waals surface area contributed by atoms with Crippen molar-refractivity contribution in [2.24, 2.45) is 0 Å². The third-order valence-corrected chi connectivity index (χ3v) is 6.30. The molecule has 3 aromatic rings. The van der Waals surface area contributed by atoms with Crippen LogP contribution in [0.2, 0.25) is 0 Å². The van der Waals surface area contributed by atoms with Gasteiger partial charge in [-0.15, -0.1) is 0 Å². The second kappa shape index (κ2) is 10.0. The van der Waals surface area contributed by atoms with Crippen molar-refractivity contribution < 1.29 is 19.1 Å². The highest BCUT2D eigenvalue weighted by Crippen LogP contribution is 2.41. The predicted octanol–water partition coefficient (Wildman–Crippen LogP) is 3.36. The average Bonchev–Trinajstić information content (AvgIpc) is 3.69. The lowest BCUT2D eigenvalue weighted by molar-refractivity contribution is -0.129. The quantitative estimate of drug-likeness (QED) is 0.503. The van der Waals surface area contributed by atoms with Crippen molar-refractivity contribution in [3.8, 4) is 5.75 Å². The van der Waals surface area contributed by atoms with Gasteiger partial charge in [0, 0.05) is 23.7 Å². The maximum atomic E-state index is 13.0. The molecule has 1 aliphatic carbocycles. The molecule has 3 amide bonds. The van der Waals surface area contributed by atoms with Gasteiger partial charge >= 0.3 is 0 Å². The number of nitrogens with one attached hydrogen (secondary N) is 2. The summed E-state index contributed by atoms with van der Waals surface area (Å²) in [5.74, 6) is -0.0645. The number of nitrogens with zero attached hydrogens (tertiary/aromatic N) is 1. The molecule has 0 saturated heterocycles. The fourth-order valence-corrected chi connectivity index (χ4v) is 4.38. The molecule has 1 saturated carbocycles. The highest BCUT2D eigenvalue weighted by molar-refractivity contribution is 6.05. The lowest BCUT2D eigenvalue weighted by Crippen LogP contribution is -2.43. The van der Waals surface area contributed by atoms with Crippen molar-refractivity contribution in [2.75, 3.05) is 6.54 Å². The Morgan fingerprint density at radius 2 is 1.60 bits per heavy atom. The van der Waals surface area contributed by atoms with E-state index in [2.05, 4.69) is 10.6 Å². The van der Waals surface area contributed by atoms with Gasteiger partial charge in [-0.25, -0.2) is 0 Å². The molecular formula is C28H27N3O4.